The van der Waals surface area contributed by atoms with Crippen molar-refractivity contribution in [3.05, 3.63) is 48.3 Å². The molecule has 1 N–H and O–H groups in total. The lowest BCUT2D eigenvalue weighted by Gasteiger charge is -2.22. The van der Waals surface area contributed by atoms with Gasteiger partial charge < -0.3 is 14.8 Å². The maximum Gasteiger partial charge on any atom is 0.232 e. The molecule has 0 spiro atoms. The number of rotatable bonds is 8. The second-order valence-corrected chi connectivity index (χ2v) is 7.56. The van der Waals surface area contributed by atoms with E-state index in [0.717, 1.165) is 16.6 Å². The number of carbonyl (C=O) groups excluding carboxylic acids is 1. The van der Waals surface area contributed by atoms with Crippen LogP contribution in [0.3, 0.4) is 0 Å². The fraction of sp³-hybridized carbons (Fsp3) is 0.278. The van der Waals surface area contributed by atoms with Gasteiger partial charge in [0, 0.05) is 19.0 Å². The van der Waals surface area contributed by atoms with E-state index in [1.807, 2.05) is 0 Å². The number of hydrogen-bond acceptors (Lipinski definition) is 5. The Bertz CT molecular complexity index is 918. The van der Waals surface area contributed by atoms with Crippen LogP contribution < -0.4 is 19.1 Å². The van der Waals surface area contributed by atoms with E-state index in [1.54, 1.807) is 18.2 Å². The van der Waals surface area contributed by atoms with Crippen molar-refractivity contribution in [1.29, 1.82) is 0 Å². The van der Waals surface area contributed by atoms with Crippen LogP contribution in [-0.4, -0.2) is 41.3 Å². The number of nitrogens with one attached hydrogen (secondary N) is 1. The Morgan fingerprint density at radius 2 is 1.85 bits per heavy atom. The highest BCUT2D eigenvalue weighted by Gasteiger charge is 2.21. The first kappa shape index (κ1) is 20.5. The molecule has 2 aromatic rings. The molecule has 27 heavy (non-hydrogen) atoms. The largest absolute Gasteiger partial charge is 0.497 e. The lowest BCUT2D eigenvalue weighted by molar-refractivity contribution is -0.116. The first-order chi connectivity index (χ1) is 12.8. The highest BCUT2D eigenvalue weighted by Crippen LogP contribution is 2.29. The summed E-state index contributed by atoms with van der Waals surface area (Å²) in [5, 5.41) is 2.65. The number of carbonyl (C=O) groups is 1. The summed E-state index contributed by atoms with van der Waals surface area (Å²) in [4.78, 5) is 12.3. The van der Waals surface area contributed by atoms with Gasteiger partial charge in [-0.25, -0.2) is 12.8 Å². The monoisotopic (exact) mass is 396 g/mol. The fourth-order valence-electron chi connectivity index (χ4n) is 2.44. The van der Waals surface area contributed by atoms with Gasteiger partial charge in [0.05, 0.1) is 31.9 Å². The molecule has 0 aliphatic heterocycles. The Balaban J connectivity index is 2.12. The number of methoxy groups -OCH3 is 2. The zero-order valence-electron chi connectivity index (χ0n) is 15.2. The van der Waals surface area contributed by atoms with Crippen molar-refractivity contribution in [3.8, 4) is 11.5 Å². The maximum absolute atomic E-state index is 14.0. The van der Waals surface area contributed by atoms with Crippen molar-refractivity contribution in [2.24, 2.45) is 0 Å². The number of nitrogens with zero attached hydrogens (tertiary/aromatic N) is 1. The van der Waals surface area contributed by atoms with Crippen LogP contribution >= 0.6 is 0 Å². The Kier molecular flexibility index (Phi) is 6.62. The SMILES string of the molecule is COc1ccc(NC(=O)CCN(c2ccccc2F)S(C)(=O)=O)c(OC)c1. The summed E-state index contributed by atoms with van der Waals surface area (Å²) in [6.07, 6.45) is 0.792. The molecule has 0 radical (unpaired) electrons. The zero-order valence-corrected chi connectivity index (χ0v) is 16.0. The van der Waals surface area contributed by atoms with Gasteiger partial charge in [-0.2, -0.15) is 0 Å². The van der Waals surface area contributed by atoms with E-state index in [-0.39, 0.29) is 18.7 Å². The van der Waals surface area contributed by atoms with E-state index in [4.69, 9.17) is 9.47 Å². The number of benzene rings is 2. The van der Waals surface area contributed by atoms with Crippen LogP contribution in [0.15, 0.2) is 42.5 Å². The molecule has 0 aliphatic carbocycles. The van der Waals surface area contributed by atoms with Crippen LogP contribution in [0.4, 0.5) is 15.8 Å². The average Bonchev–Trinajstić information content (AvgIpc) is 2.62. The predicted molar refractivity (Wildman–Crippen MR) is 101 cm³/mol. The zero-order chi connectivity index (χ0) is 20.0. The van der Waals surface area contributed by atoms with Gasteiger partial charge in [-0.05, 0) is 24.3 Å². The third-order valence-corrected chi connectivity index (χ3v) is 4.93. The summed E-state index contributed by atoms with van der Waals surface area (Å²) < 4.78 is 49.2. The minimum absolute atomic E-state index is 0.102. The van der Waals surface area contributed by atoms with Gasteiger partial charge >= 0.3 is 0 Å². The topological polar surface area (TPSA) is 84.9 Å². The molecule has 9 heteroatoms. The summed E-state index contributed by atoms with van der Waals surface area (Å²) in [5.74, 6) is -0.159. The molecule has 0 atom stereocenters. The predicted octanol–water partition coefficient (Wildman–Crippen LogP) is 2.64. The van der Waals surface area contributed by atoms with Crippen LogP contribution in [0, 0.1) is 5.82 Å². The highest BCUT2D eigenvalue weighted by atomic mass is 32.2. The smallest absolute Gasteiger partial charge is 0.232 e. The molecule has 0 bridgehead atoms. The minimum Gasteiger partial charge on any atom is -0.497 e. The van der Waals surface area contributed by atoms with Crippen LogP contribution in [0.1, 0.15) is 6.42 Å². The number of ether oxygens (including phenoxy) is 2. The van der Waals surface area contributed by atoms with E-state index < -0.39 is 21.7 Å². The van der Waals surface area contributed by atoms with Gasteiger partial charge in [0.15, 0.2) is 0 Å². The quantitative estimate of drug-likeness (QED) is 0.742. The lowest BCUT2D eigenvalue weighted by Crippen LogP contribution is -2.33. The number of amides is 1. The summed E-state index contributed by atoms with van der Waals surface area (Å²) in [7, 11) is -0.797. The molecule has 1 amide bonds. The summed E-state index contributed by atoms with van der Waals surface area (Å²) in [5.41, 5.74) is 0.315. The molecule has 0 aliphatic rings. The number of anilines is 2. The molecule has 146 valence electrons. The van der Waals surface area contributed by atoms with Gasteiger partial charge in [-0.1, -0.05) is 12.1 Å². The fourth-order valence-corrected chi connectivity index (χ4v) is 3.36. The van der Waals surface area contributed by atoms with Crippen LogP contribution in [0.2, 0.25) is 0 Å². The van der Waals surface area contributed by atoms with Gasteiger partial charge in [0.2, 0.25) is 15.9 Å². The average molecular weight is 396 g/mol. The summed E-state index contributed by atoms with van der Waals surface area (Å²) in [6, 6.07) is 10.4. The Labute approximate surface area is 157 Å². The first-order valence-corrected chi connectivity index (χ1v) is 9.85. The van der Waals surface area contributed by atoms with Crippen LogP contribution in [0.25, 0.3) is 0 Å². The maximum atomic E-state index is 14.0. The van der Waals surface area contributed by atoms with Gasteiger partial charge in [0.25, 0.3) is 0 Å². The first-order valence-electron chi connectivity index (χ1n) is 8.00. The van der Waals surface area contributed by atoms with Gasteiger partial charge in [-0.3, -0.25) is 9.10 Å². The van der Waals surface area contributed by atoms with E-state index in [0.29, 0.717) is 17.2 Å². The van der Waals surface area contributed by atoms with E-state index in [9.17, 15) is 17.6 Å². The molecule has 0 unspecified atom stereocenters. The minimum atomic E-state index is -3.76. The molecule has 2 aromatic carbocycles. The molecular formula is C18H21FN2O5S. The second kappa shape index (κ2) is 8.72. The third kappa shape index (κ3) is 5.33. The van der Waals surface area contributed by atoms with Crippen molar-refractivity contribution in [1.82, 2.24) is 0 Å². The molecule has 0 aromatic heterocycles. The van der Waals surface area contributed by atoms with E-state index >= 15 is 0 Å². The van der Waals surface area contributed by atoms with Gasteiger partial charge in [0.1, 0.15) is 17.3 Å². The Morgan fingerprint density at radius 1 is 1.15 bits per heavy atom. The number of hydrogen-bond donors (Lipinski definition) is 1. The second-order valence-electron chi connectivity index (χ2n) is 5.65. The number of halogens is 1. The van der Waals surface area contributed by atoms with Crippen LogP contribution in [-0.2, 0) is 14.8 Å². The summed E-state index contributed by atoms with van der Waals surface area (Å²) >= 11 is 0. The van der Waals surface area contributed by atoms with E-state index in [1.165, 1.54) is 32.4 Å². The normalized spacial score (nSPS) is 11.0. The highest BCUT2D eigenvalue weighted by molar-refractivity contribution is 7.92. The summed E-state index contributed by atoms with van der Waals surface area (Å²) in [6.45, 7) is -0.204. The van der Waals surface area contributed by atoms with Crippen molar-refractivity contribution in [2.45, 2.75) is 6.42 Å². The number of para-hydroxylation sites is 1. The molecule has 0 saturated heterocycles. The molecule has 7 nitrogen and oxygen atoms in total. The van der Waals surface area contributed by atoms with E-state index in [2.05, 4.69) is 5.32 Å². The molecule has 0 heterocycles. The third-order valence-electron chi connectivity index (χ3n) is 3.75. The van der Waals surface area contributed by atoms with Crippen molar-refractivity contribution < 1.29 is 27.1 Å². The van der Waals surface area contributed by atoms with Gasteiger partial charge in [-0.15, -0.1) is 0 Å². The van der Waals surface area contributed by atoms with Crippen molar-refractivity contribution >= 4 is 27.3 Å². The Hall–Kier alpha value is -2.81. The molecule has 2 rings (SSSR count). The number of sulfonamides is 1. The molecule has 0 fully saturated rings. The lowest BCUT2D eigenvalue weighted by atomic mass is 10.2. The molecular weight excluding hydrogens is 375 g/mol. The van der Waals surface area contributed by atoms with Crippen molar-refractivity contribution in [3.63, 3.8) is 0 Å². The Morgan fingerprint density at radius 3 is 2.44 bits per heavy atom. The van der Waals surface area contributed by atoms with Crippen molar-refractivity contribution in [2.75, 3.05) is 36.6 Å². The molecule has 0 saturated carbocycles. The standard InChI is InChI=1S/C18H21FN2O5S/c1-25-13-8-9-15(17(12-13)26-2)20-18(22)10-11-21(27(3,23)24)16-7-5-4-6-14(16)19/h4-9,12H,10-11H2,1-3H3,(H,20,22). The van der Waals surface area contributed by atoms with Crippen LogP contribution in [0.5, 0.6) is 11.5 Å².